The van der Waals surface area contributed by atoms with Gasteiger partial charge in [-0.05, 0) is 49.8 Å². The lowest BCUT2D eigenvalue weighted by atomic mass is 9.72. The van der Waals surface area contributed by atoms with Gasteiger partial charge in [0.15, 0.2) is 0 Å². The molecular weight excluding hydrogens is 342 g/mol. The Morgan fingerprint density at radius 3 is 2.89 bits per heavy atom. The summed E-state index contributed by atoms with van der Waals surface area (Å²) in [6.07, 6.45) is 4.24. The summed E-state index contributed by atoms with van der Waals surface area (Å²) < 4.78 is 5.60. The zero-order chi connectivity index (χ0) is 18.6. The maximum Gasteiger partial charge on any atom is 0.223 e. The summed E-state index contributed by atoms with van der Waals surface area (Å²) in [5.41, 5.74) is 0. The molecule has 3 heterocycles. The van der Waals surface area contributed by atoms with Crippen molar-refractivity contribution in [3.8, 4) is 5.75 Å². The van der Waals surface area contributed by atoms with Crippen LogP contribution in [0.3, 0.4) is 0 Å². The minimum atomic E-state index is -0.0159. The number of nitrogens with one attached hydrogen (secondary N) is 2. The van der Waals surface area contributed by atoms with Gasteiger partial charge in [-0.1, -0.05) is 18.2 Å². The summed E-state index contributed by atoms with van der Waals surface area (Å²) in [5, 5.41) is 6.59. The second kappa shape index (κ2) is 8.30. The summed E-state index contributed by atoms with van der Waals surface area (Å²) in [6.45, 7) is 2.86. The van der Waals surface area contributed by atoms with Gasteiger partial charge < -0.3 is 20.3 Å². The number of hydrogen-bond donors (Lipinski definition) is 2. The molecular formula is C21H29N3O3. The van der Waals surface area contributed by atoms with Crippen LogP contribution in [0.25, 0.3) is 0 Å². The molecule has 6 nitrogen and oxygen atoms in total. The molecule has 0 aromatic heterocycles. The quantitative estimate of drug-likeness (QED) is 0.796. The molecule has 0 saturated carbocycles. The van der Waals surface area contributed by atoms with Crippen LogP contribution < -0.4 is 15.4 Å². The average Bonchev–Trinajstić information content (AvgIpc) is 2.69. The van der Waals surface area contributed by atoms with Gasteiger partial charge in [-0.2, -0.15) is 0 Å². The van der Waals surface area contributed by atoms with E-state index in [9.17, 15) is 9.59 Å². The fourth-order valence-electron chi connectivity index (χ4n) is 4.98. The van der Waals surface area contributed by atoms with Crippen LogP contribution >= 0.6 is 0 Å². The molecule has 0 radical (unpaired) electrons. The van der Waals surface area contributed by atoms with E-state index in [0.29, 0.717) is 43.9 Å². The second-order valence-corrected chi connectivity index (χ2v) is 7.96. The number of benzene rings is 1. The van der Waals surface area contributed by atoms with Gasteiger partial charge in [0.25, 0.3) is 0 Å². The van der Waals surface area contributed by atoms with Crippen molar-refractivity contribution in [2.75, 3.05) is 26.2 Å². The summed E-state index contributed by atoms with van der Waals surface area (Å²) in [5.74, 6) is 2.04. The third kappa shape index (κ3) is 4.10. The molecule has 2 N–H and O–H groups in total. The van der Waals surface area contributed by atoms with E-state index in [1.165, 1.54) is 6.42 Å². The first kappa shape index (κ1) is 18.3. The molecule has 4 rings (SSSR count). The first-order chi connectivity index (χ1) is 13.2. The number of ether oxygens (including phenoxy) is 1. The SMILES string of the molecule is O=C(CCOc1ccccc1)NC[C@H]1[C@@H]2CNC[C@@H](C2)[C@@H]2CCCC(=O)N21. The van der Waals surface area contributed by atoms with E-state index in [0.717, 1.165) is 31.7 Å². The lowest BCUT2D eigenvalue weighted by Gasteiger charge is -2.54. The van der Waals surface area contributed by atoms with Gasteiger partial charge in [-0.3, -0.25) is 9.59 Å². The van der Waals surface area contributed by atoms with Crippen molar-refractivity contribution in [3.63, 3.8) is 0 Å². The Morgan fingerprint density at radius 2 is 2.04 bits per heavy atom. The second-order valence-electron chi connectivity index (χ2n) is 7.96. The molecule has 0 spiro atoms. The summed E-state index contributed by atoms with van der Waals surface area (Å²) in [7, 11) is 0. The molecule has 3 saturated heterocycles. The van der Waals surface area contributed by atoms with Crippen molar-refractivity contribution in [3.05, 3.63) is 30.3 Å². The molecule has 3 aliphatic rings. The fourth-order valence-corrected chi connectivity index (χ4v) is 4.98. The topological polar surface area (TPSA) is 70.7 Å². The largest absolute Gasteiger partial charge is 0.493 e. The smallest absolute Gasteiger partial charge is 0.223 e. The van der Waals surface area contributed by atoms with Gasteiger partial charge in [0.1, 0.15) is 5.75 Å². The third-order valence-electron chi connectivity index (χ3n) is 6.25. The van der Waals surface area contributed by atoms with Gasteiger partial charge in [0.2, 0.25) is 11.8 Å². The molecule has 2 amide bonds. The van der Waals surface area contributed by atoms with E-state index in [4.69, 9.17) is 4.74 Å². The van der Waals surface area contributed by atoms with Crippen LogP contribution in [-0.4, -0.2) is 55.0 Å². The maximum absolute atomic E-state index is 12.6. The van der Waals surface area contributed by atoms with Crippen molar-refractivity contribution in [1.82, 2.24) is 15.5 Å². The predicted molar refractivity (Wildman–Crippen MR) is 102 cm³/mol. The summed E-state index contributed by atoms with van der Waals surface area (Å²) in [6, 6.07) is 9.99. The van der Waals surface area contributed by atoms with Crippen LogP contribution in [0.15, 0.2) is 30.3 Å². The van der Waals surface area contributed by atoms with E-state index < -0.39 is 0 Å². The molecule has 1 aromatic carbocycles. The minimum absolute atomic E-state index is 0.0159. The van der Waals surface area contributed by atoms with E-state index in [1.54, 1.807) is 0 Å². The van der Waals surface area contributed by atoms with Crippen molar-refractivity contribution in [2.24, 2.45) is 11.8 Å². The van der Waals surface area contributed by atoms with E-state index in [1.807, 2.05) is 30.3 Å². The number of amides is 2. The number of para-hydroxylation sites is 1. The number of carbonyl (C=O) groups excluding carboxylic acids is 2. The number of carbonyl (C=O) groups is 2. The van der Waals surface area contributed by atoms with Crippen molar-refractivity contribution >= 4 is 11.8 Å². The number of fused-ring (bicyclic) bond motifs is 4. The maximum atomic E-state index is 12.6. The van der Waals surface area contributed by atoms with Gasteiger partial charge >= 0.3 is 0 Å². The Bertz CT molecular complexity index is 666. The lowest BCUT2D eigenvalue weighted by molar-refractivity contribution is -0.149. The lowest BCUT2D eigenvalue weighted by Crippen LogP contribution is -2.66. The Labute approximate surface area is 160 Å². The molecule has 2 bridgehead atoms. The first-order valence-corrected chi connectivity index (χ1v) is 10.2. The van der Waals surface area contributed by atoms with Gasteiger partial charge in [0.05, 0.1) is 19.1 Å². The first-order valence-electron chi connectivity index (χ1n) is 10.2. The van der Waals surface area contributed by atoms with Gasteiger partial charge in [-0.25, -0.2) is 0 Å². The monoisotopic (exact) mass is 371 g/mol. The highest BCUT2D eigenvalue weighted by Gasteiger charge is 2.47. The molecule has 4 atom stereocenters. The van der Waals surface area contributed by atoms with Crippen LogP contribution in [0.1, 0.15) is 32.1 Å². The Hall–Kier alpha value is -2.08. The number of hydrogen-bond acceptors (Lipinski definition) is 4. The Balaban J connectivity index is 1.30. The van der Waals surface area contributed by atoms with Crippen LogP contribution in [0.4, 0.5) is 0 Å². The van der Waals surface area contributed by atoms with E-state index >= 15 is 0 Å². The summed E-state index contributed by atoms with van der Waals surface area (Å²) in [4.78, 5) is 27.0. The highest BCUT2D eigenvalue weighted by molar-refractivity contribution is 5.78. The highest BCUT2D eigenvalue weighted by Crippen LogP contribution is 2.39. The van der Waals surface area contributed by atoms with Crippen molar-refractivity contribution in [1.29, 1.82) is 0 Å². The van der Waals surface area contributed by atoms with Gasteiger partial charge in [-0.15, -0.1) is 0 Å². The van der Waals surface area contributed by atoms with Crippen LogP contribution in [0, 0.1) is 11.8 Å². The molecule has 146 valence electrons. The summed E-state index contributed by atoms with van der Waals surface area (Å²) >= 11 is 0. The van der Waals surface area contributed by atoms with Crippen LogP contribution in [0.2, 0.25) is 0 Å². The average molecular weight is 371 g/mol. The number of rotatable bonds is 6. The van der Waals surface area contributed by atoms with E-state index in [-0.39, 0.29) is 17.9 Å². The number of nitrogens with zero attached hydrogens (tertiary/aromatic N) is 1. The standard InChI is InChI=1S/C21H29N3O3/c25-20(9-10-27-17-5-2-1-3-6-17)23-14-19-16-11-15(12-22-13-16)18-7-4-8-21(26)24(18)19/h1-3,5-6,15-16,18-19,22H,4,7-14H2,(H,23,25)/t15-,16+,18+,19+/m1/s1. The molecule has 3 aliphatic heterocycles. The third-order valence-corrected chi connectivity index (χ3v) is 6.25. The van der Waals surface area contributed by atoms with Gasteiger partial charge in [0, 0.05) is 25.6 Å². The van der Waals surface area contributed by atoms with Crippen LogP contribution in [0.5, 0.6) is 5.75 Å². The van der Waals surface area contributed by atoms with E-state index in [2.05, 4.69) is 15.5 Å². The molecule has 0 unspecified atom stereocenters. The highest BCUT2D eigenvalue weighted by atomic mass is 16.5. The minimum Gasteiger partial charge on any atom is -0.493 e. The number of piperidine rings is 3. The van der Waals surface area contributed by atoms with Crippen LogP contribution in [-0.2, 0) is 9.59 Å². The molecule has 6 heteroatoms. The van der Waals surface area contributed by atoms with Crippen molar-refractivity contribution in [2.45, 2.75) is 44.2 Å². The molecule has 0 aliphatic carbocycles. The molecule has 27 heavy (non-hydrogen) atoms. The Morgan fingerprint density at radius 1 is 1.22 bits per heavy atom. The predicted octanol–water partition coefficient (Wildman–Crippen LogP) is 1.56. The molecule has 1 aromatic rings. The zero-order valence-electron chi connectivity index (χ0n) is 15.7. The van der Waals surface area contributed by atoms with Crippen molar-refractivity contribution < 1.29 is 14.3 Å². The Kier molecular flexibility index (Phi) is 5.62. The zero-order valence-corrected chi connectivity index (χ0v) is 15.7. The normalized spacial score (nSPS) is 29.8. The fraction of sp³-hybridized carbons (Fsp3) is 0.619. The molecule has 3 fully saturated rings.